The predicted octanol–water partition coefficient (Wildman–Crippen LogP) is 0.466. The van der Waals surface area contributed by atoms with E-state index in [2.05, 4.69) is 10.6 Å². The normalized spacial score (nSPS) is 35.1. The van der Waals surface area contributed by atoms with Crippen LogP contribution >= 0.6 is 0 Å². The van der Waals surface area contributed by atoms with Gasteiger partial charge in [-0.1, -0.05) is 0 Å². The molecule has 2 atom stereocenters. The molecule has 2 N–H and O–H groups in total. The number of urea groups is 1. The molecule has 2 amide bonds. The van der Waals surface area contributed by atoms with E-state index in [4.69, 9.17) is 0 Å². The first-order chi connectivity index (χ1) is 4.18. The van der Waals surface area contributed by atoms with Crippen LogP contribution in [0.3, 0.4) is 0 Å². The zero-order valence-corrected chi connectivity index (χ0v) is 5.77. The van der Waals surface area contributed by atoms with Crippen molar-refractivity contribution in [1.82, 2.24) is 10.6 Å². The third-order valence-electron chi connectivity index (χ3n) is 1.46. The zero-order chi connectivity index (χ0) is 6.85. The van der Waals surface area contributed by atoms with E-state index >= 15 is 0 Å². The first-order valence-electron chi connectivity index (χ1n) is 3.25. The molecule has 0 saturated carbocycles. The van der Waals surface area contributed by atoms with E-state index in [0.29, 0.717) is 12.1 Å². The van der Waals surface area contributed by atoms with Crippen LogP contribution in [0.15, 0.2) is 0 Å². The average Bonchev–Trinajstić information content (AvgIpc) is 1.59. The molecule has 1 rings (SSSR count). The standard InChI is InChI=1S/C6H12N2O/c1-4-3-5(2)8-6(9)7-4/h4-5H,3H2,1-2H3,(H2,7,8,9)/t4-,5-/m0/s1. The molecule has 0 aromatic carbocycles. The summed E-state index contributed by atoms with van der Waals surface area (Å²) in [6, 6.07) is 0.615. The molecule has 0 bridgehead atoms. The van der Waals surface area contributed by atoms with Crippen molar-refractivity contribution in [3.8, 4) is 0 Å². The Labute approximate surface area is 54.8 Å². The summed E-state index contributed by atoms with van der Waals surface area (Å²) < 4.78 is 0. The van der Waals surface area contributed by atoms with Crippen LogP contribution in [0.2, 0.25) is 0 Å². The topological polar surface area (TPSA) is 41.1 Å². The van der Waals surface area contributed by atoms with Gasteiger partial charge in [-0.3, -0.25) is 0 Å². The third kappa shape index (κ3) is 1.59. The minimum Gasteiger partial charge on any atom is -0.336 e. The SMILES string of the molecule is C[C@H]1C[C@H](C)NC(=O)N1. The Bertz CT molecular complexity index is 112. The van der Waals surface area contributed by atoms with E-state index in [-0.39, 0.29) is 6.03 Å². The van der Waals surface area contributed by atoms with Crippen LogP contribution in [0.4, 0.5) is 4.79 Å². The first-order valence-corrected chi connectivity index (χ1v) is 3.25. The average molecular weight is 128 g/mol. The maximum atomic E-state index is 10.7. The molecule has 1 aliphatic rings. The lowest BCUT2D eigenvalue weighted by Crippen LogP contribution is -2.52. The summed E-state index contributed by atoms with van der Waals surface area (Å²) in [5.41, 5.74) is 0. The Balaban J connectivity index is 2.43. The Morgan fingerprint density at radius 1 is 1.33 bits per heavy atom. The summed E-state index contributed by atoms with van der Waals surface area (Å²) in [6.45, 7) is 4.02. The molecular formula is C6H12N2O. The fourth-order valence-electron chi connectivity index (χ4n) is 1.14. The van der Waals surface area contributed by atoms with Gasteiger partial charge in [-0.15, -0.1) is 0 Å². The van der Waals surface area contributed by atoms with Crippen LogP contribution in [0, 0.1) is 0 Å². The molecule has 0 radical (unpaired) electrons. The summed E-state index contributed by atoms with van der Waals surface area (Å²) in [4.78, 5) is 10.7. The van der Waals surface area contributed by atoms with E-state index in [1.54, 1.807) is 0 Å². The highest BCUT2D eigenvalue weighted by atomic mass is 16.2. The smallest absolute Gasteiger partial charge is 0.315 e. The van der Waals surface area contributed by atoms with Gasteiger partial charge >= 0.3 is 6.03 Å². The highest BCUT2D eigenvalue weighted by Crippen LogP contribution is 2.01. The van der Waals surface area contributed by atoms with Gasteiger partial charge in [-0.2, -0.15) is 0 Å². The molecule has 0 aromatic heterocycles. The molecule has 1 saturated heterocycles. The molecule has 1 aliphatic heterocycles. The van der Waals surface area contributed by atoms with Gasteiger partial charge in [0.1, 0.15) is 0 Å². The van der Waals surface area contributed by atoms with Crippen molar-refractivity contribution in [3.63, 3.8) is 0 Å². The van der Waals surface area contributed by atoms with Crippen LogP contribution in [0.1, 0.15) is 20.3 Å². The Kier molecular flexibility index (Phi) is 1.60. The largest absolute Gasteiger partial charge is 0.336 e. The number of carbonyl (C=O) groups is 1. The molecule has 0 aromatic rings. The van der Waals surface area contributed by atoms with Gasteiger partial charge < -0.3 is 10.6 Å². The van der Waals surface area contributed by atoms with E-state index in [1.807, 2.05) is 13.8 Å². The van der Waals surface area contributed by atoms with Crippen molar-refractivity contribution in [2.75, 3.05) is 0 Å². The van der Waals surface area contributed by atoms with Crippen LogP contribution in [0.5, 0.6) is 0 Å². The van der Waals surface area contributed by atoms with Crippen molar-refractivity contribution in [3.05, 3.63) is 0 Å². The molecule has 52 valence electrons. The Hall–Kier alpha value is -0.730. The van der Waals surface area contributed by atoms with Gasteiger partial charge in [0, 0.05) is 12.1 Å². The monoisotopic (exact) mass is 128 g/mol. The van der Waals surface area contributed by atoms with Gasteiger partial charge in [0.2, 0.25) is 0 Å². The Morgan fingerprint density at radius 3 is 2.11 bits per heavy atom. The maximum absolute atomic E-state index is 10.7. The van der Waals surface area contributed by atoms with Gasteiger partial charge in [0.05, 0.1) is 0 Å². The molecule has 1 heterocycles. The number of carbonyl (C=O) groups excluding carboxylic acids is 1. The second kappa shape index (κ2) is 2.25. The number of hydrogen-bond acceptors (Lipinski definition) is 1. The summed E-state index contributed by atoms with van der Waals surface area (Å²) in [7, 11) is 0. The van der Waals surface area contributed by atoms with Crippen molar-refractivity contribution in [2.45, 2.75) is 32.4 Å². The summed E-state index contributed by atoms with van der Waals surface area (Å²) >= 11 is 0. The van der Waals surface area contributed by atoms with E-state index < -0.39 is 0 Å². The number of amides is 2. The summed E-state index contributed by atoms with van der Waals surface area (Å²) in [6.07, 6.45) is 1.02. The summed E-state index contributed by atoms with van der Waals surface area (Å²) in [5, 5.41) is 5.52. The highest BCUT2D eigenvalue weighted by Gasteiger charge is 2.18. The molecular weight excluding hydrogens is 116 g/mol. The van der Waals surface area contributed by atoms with Crippen LogP contribution in [0.25, 0.3) is 0 Å². The molecule has 0 aliphatic carbocycles. The summed E-state index contributed by atoms with van der Waals surface area (Å²) in [5.74, 6) is 0. The van der Waals surface area contributed by atoms with Crippen LogP contribution < -0.4 is 10.6 Å². The first kappa shape index (κ1) is 6.39. The van der Waals surface area contributed by atoms with Crippen molar-refractivity contribution in [1.29, 1.82) is 0 Å². The van der Waals surface area contributed by atoms with Crippen molar-refractivity contribution < 1.29 is 4.79 Å². The molecule has 0 unspecified atom stereocenters. The second-order valence-electron chi connectivity index (χ2n) is 2.66. The van der Waals surface area contributed by atoms with Gasteiger partial charge in [0.15, 0.2) is 0 Å². The molecule has 9 heavy (non-hydrogen) atoms. The minimum absolute atomic E-state index is 0.0405. The van der Waals surface area contributed by atoms with E-state index in [0.717, 1.165) is 6.42 Å². The van der Waals surface area contributed by atoms with Crippen LogP contribution in [-0.2, 0) is 0 Å². The number of nitrogens with one attached hydrogen (secondary N) is 2. The van der Waals surface area contributed by atoms with Gasteiger partial charge in [-0.05, 0) is 20.3 Å². The Morgan fingerprint density at radius 2 is 1.78 bits per heavy atom. The fourth-order valence-corrected chi connectivity index (χ4v) is 1.14. The van der Waals surface area contributed by atoms with E-state index in [9.17, 15) is 4.79 Å². The highest BCUT2D eigenvalue weighted by molar-refractivity contribution is 5.75. The minimum atomic E-state index is -0.0405. The van der Waals surface area contributed by atoms with Gasteiger partial charge in [0.25, 0.3) is 0 Å². The third-order valence-corrected chi connectivity index (χ3v) is 1.46. The van der Waals surface area contributed by atoms with Crippen LogP contribution in [-0.4, -0.2) is 18.1 Å². The predicted molar refractivity (Wildman–Crippen MR) is 35.2 cm³/mol. The molecule has 1 fully saturated rings. The van der Waals surface area contributed by atoms with E-state index in [1.165, 1.54) is 0 Å². The van der Waals surface area contributed by atoms with Gasteiger partial charge in [-0.25, -0.2) is 4.79 Å². The molecule has 3 nitrogen and oxygen atoms in total. The molecule has 0 spiro atoms. The molecule has 3 heteroatoms. The van der Waals surface area contributed by atoms with Crippen molar-refractivity contribution in [2.24, 2.45) is 0 Å². The fraction of sp³-hybridized carbons (Fsp3) is 0.833. The maximum Gasteiger partial charge on any atom is 0.315 e. The lowest BCUT2D eigenvalue weighted by molar-refractivity contribution is 0.223. The second-order valence-corrected chi connectivity index (χ2v) is 2.66. The lowest BCUT2D eigenvalue weighted by atomic mass is 10.1. The lowest BCUT2D eigenvalue weighted by Gasteiger charge is -2.26. The van der Waals surface area contributed by atoms with Crippen molar-refractivity contribution >= 4 is 6.03 Å². The quantitative estimate of drug-likeness (QED) is 0.489. The zero-order valence-electron chi connectivity index (χ0n) is 5.77. The number of rotatable bonds is 0. The number of hydrogen-bond donors (Lipinski definition) is 2.